The van der Waals surface area contributed by atoms with Gasteiger partial charge >= 0.3 is 5.69 Å². The molecule has 20 heavy (non-hydrogen) atoms. The molecule has 0 bridgehead atoms. The molecule has 2 heterocycles. The quantitative estimate of drug-likeness (QED) is 0.775. The third-order valence-corrected chi connectivity index (χ3v) is 3.12. The first kappa shape index (κ1) is 14.3. The van der Waals surface area contributed by atoms with Gasteiger partial charge in [0.1, 0.15) is 0 Å². The number of anilines is 1. The fourth-order valence-corrected chi connectivity index (χ4v) is 2.22. The second-order valence-corrected chi connectivity index (χ2v) is 5.30. The van der Waals surface area contributed by atoms with E-state index in [4.69, 9.17) is 0 Å². The summed E-state index contributed by atoms with van der Waals surface area (Å²) in [5, 5.41) is 3.18. The molecule has 0 spiro atoms. The maximum atomic E-state index is 12.0. The zero-order valence-corrected chi connectivity index (χ0v) is 12.4. The summed E-state index contributed by atoms with van der Waals surface area (Å²) < 4.78 is 2.42. The summed E-state index contributed by atoms with van der Waals surface area (Å²) >= 11 is 0. The van der Waals surface area contributed by atoms with Crippen molar-refractivity contribution in [2.75, 3.05) is 26.0 Å². The monoisotopic (exact) mass is 280 g/mol. The van der Waals surface area contributed by atoms with Crippen LogP contribution in [0.25, 0.3) is 11.2 Å². The minimum Gasteiger partial charge on any atom is -0.352 e. The summed E-state index contributed by atoms with van der Waals surface area (Å²) in [5.74, 6) is 0.493. The van der Waals surface area contributed by atoms with E-state index in [1.54, 1.807) is 7.05 Å². The Balaban J connectivity index is 2.45. The molecule has 0 saturated heterocycles. The number of nitrogens with zero attached hydrogens (tertiary/aromatic N) is 4. The Morgan fingerprint density at radius 2 is 1.95 bits per heavy atom. The largest absolute Gasteiger partial charge is 0.352 e. The lowest BCUT2D eigenvalue weighted by molar-refractivity contribution is 0.391. The third-order valence-electron chi connectivity index (χ3n) is 3.12. The van der Waals surface area contributed by atoms with Crippen molar-refractivity contribution >= 4 is 17.1 Å². The minimum atomic E-state index is -0.387. The normalized spacial score (nSPS) is 13.1. The number of aromatic amines is 1. The van der Waals surface area contributed by atoms with E-state index >= 15 is 0 Å². The van der Waals surface area contributed by atoms with Crippen LogP contribution in [0.5, 0.6) is 0 Å². The molecule has 1 atom stereocenters. The molecule has 0 aliphatic rings. The van der Waals surface area contributed by atoms with Crippen molar-refractivity contribution in [1.82, 2.24) is 24.0 Å². The molecule has 2 N–H and O–H groups in total. The molecule has 0 fully saturated rings. The summed E-state index contributed by atoms with van der Waals surface area (Å²) in [5.41, 5.74) is -0.0717. The van der Waals surface area contributed by atoms with Crippen molar-refractivity contribution in [1.29, 1.82) is 0 Å². The summed E-state index contributed by atoms with van der Waals surface area (Å²) in [6.45, 7) is 2.85. The number of aryl methyl sites for hydroxylation is 1. The Kier molecular flexibility index (Phi) is 3.67. The first-order valence-electron chi connectivity index (χ1n) is 6.38. The van der Waals surface area contributed by atoms with Gasteiger partial charge in [0.15, 0.2) is 11.2 Å². The lowest BCUT2D eigenvalue weighted by Crippen LogP contribution is -2.36. The molecule has 0 aliphatic carbocycles. The molecule has 0 saturated carbocycles. The van der Waals surface area contributed by atoms with Crippen LogP contribution in [0, 0.1) is 0 Å². The number of fused-ring (bicyclic) bond motifs is 1. The number of imidazole rings is 1. The first-order valence-corrected chi connectivity index (χ1v) is 6.38. The lowest BCUT2D eigenvalue weighted by atomic mass is 10.3. The Hall–Kier alpha value is -2.09. The van der Waals surface area contributed by atoms with Crippen LogP contribution in [-0.4, -0.2) is 50.7 Å². The van der Waals surface area contributed by atoms with Crippen LogP contribution in [0.4, 0.5) is 5.95 Å². The molecule has 1 unspecified atom stereocenters. The molecular formula is C12H20N6O2. The van der Waals surface area contributed by atoms with Gasteiger partial charge in [-0.1, -0.05) is 0 Å². The molecule has 2 aromatic heterocycles. The fourth-order valence-electron chi connectivity index (χ4n) is 2.22. The molecule has 110 valence electrons. The molecule has 2 rings (SSSR count). The van der Waals surface area contributed by atoms with Crippen LogP contribution < -0.4 is 16.6 Å². The van der Waals surface area contributed by atoms with E-state index < -0.39 is 0 Å². The van der Waals surface area contributed by atoms with Crippen molar-refractivity contribution in [3.05, 3.63) is 20.8 Å². The third kappa shape index (κ3) is 2.46. The predicted octanol–water partition coefficient (Wildman–Crippen LogP) is -0.678. The van der Waals surface area contributed by atoms with E-state index in [0.717, 1.165) is 11.1 Å². The highest BCUT2D eigenvalue weighted by atomic mass is 16.2. The number of rotatable bonds is 4. The van der Waals surface area contributed by atoms with Gasteiger partial charge in [0.25, 0.3) is 5.56 Å². The van der Waals surface area contributed by atoms with E-state index in [1.807, 2.05) is 21.0 Å². The van der Waals surface area contributed by atoms with Gasteiger partial charge in [-0.25, -0.2) is 4.79 Å². The maximum absolute atomic E-state index is 12.0. The van der Waals surface area contributed by atoms with Crippen molar-refractivity contribution < 1.29 is 0 Å². The average molecular weight is 280 g/mol. The number of likely N-dealkylation sites (N-methyl/N-ethyl adjacent to an activating group) is 1. The number of H-pyrrole nitrogens is 1. The van der Waals surface area contributed by atoms with Crippen LogP contribution in [0.15, 0.2) is 9.59 Å². The van der Waals surface area contributed by atoms with Gasteiger partial charge in [-0.3, -0.25) is 13.9 Å². The zero-order chi connectivity index (χ0) is 15.0. The number of nitrogens with one attached hydrogen (secondary N) is 2. The number of aromatic nitrogens is 4. The Labute approximate surface area is 116 Å². The predicted molar refractivity (Wildman–Crippen MR) is 78.2 cm³/mol. The van der Waals surface area contributed by atoms with E-state index in [2.05, 4.69) is 20.2 Å². The summed E-state index contributed by atoms with van der Waals surface area (Å²) in [7, 11) is 7.01. The minimum absolute atomic E-state index is 0.159. The Morgan fingerprint density at radius 3 is 2.55 bits per heavy atom. The van der Waals surface area contributed by atoms with Crippen LogP contribution >= 0.6 is 0 Å². The van der Waals surface area contributed by atoms with Crippen LogP contribution in [0.2, 0.25) is 0 Å². The highest BCUT2D eigenvalue weighted by Crippen LogP contribution is 2.09. The molecule has 0 aromatic carbocycles. The molecule has 8 nitrogen and oxygen atoms in total. The summed E-state index contributed by atoms with van der Waals surface area (Å²) in [4.78, 5) is 33.1. The average Bonchev–Trinajstić information content (AvgIpc) is 2.76. The Morgan fingerprint density at radius 1 is 1.30 bits per heavy atom. The fraction of sp³-hybridized carbons (Fsp3) is 0.583. The molecular weight excluding hydrogens is 260 g/mol. The molecule has 0 radical (unpaired) electrons. The number of hydrogen-bond acceptors (Lipinski definition) is 5. The van der Waals surface area contributed by atoms with Gasteiger partial charge in [-0.05, 0) is 21.0 Å². The van der Waals surface area contributed by atoms with E-state index in [1.165, 1.54) is 11.6 Å². The van der Waals surface area contributed by atoms with Gasteiger partial charge in [-0.2, -0.15) is 4.98 Å². The smallest absolute Gasteiger partial charge is 0.332 e. The second kappa shape index (κ2) is 5.12. The lowest BCUT2D eigenvalue weighted by Gasteiger charge is -2.17. The highest BCUT2D eigenvalue weighted by Gasteiger charge is 2.14. The van der Waals surface area contributed by atoms with Crippen molar-refractivity contribution in [2.45, 2.75) is 13.0 Å². The van der Waals surface area contributed by atoms with Crippen molar-refractivity contribution in [3.8, 4) is 0 Å². The standard InChI is InChI=1S/C12H20N6O2/c1-7(6-16(2)3)13-11-14-8-9(15-11)17(4)12(20)18(5)10(8)19/h7H,6H2,1-5H3,(H2,13,14,15). The summed E-state index contributed by atoms with van der Waals surface area (Å²) in [6, 6.07) is 0.159. The van der Waals surface area contributed by atoms with Crippen LogP contribution in [0.1, 0.15) is 6.92 Å². The highest BCUT2D eigenvalue weighted by molar-refractivity contribution is 5.72. The molecule has 0 aliphatic heterocycles. The van der Waals surface area contributed by atoms with Crippen LogP contribution in [0.3, 0.4) is 0 Å². The molecule has 0 amide bonds. The Bertz CT molecular complexity index is 739. The van der Waals surface area contributed by atoms with Gasteiger partial charge in [-0.15, -0.1) is 0 Å². The van der Waals surface area contributed by atoms with E-state index in [9.17, 15) is 9.59 Å². The van der Waals surface area contributed by atoms with E-state index in [-0.39, 0.29) is 17.3 Å². The van der Waals surface area contributed by atoms with Gasteiger partial charge in [0, 0.05) is 26.7 Å². The first-order chi connectivity index (χ1) is 9.31. The number of hydrogen-bond donors (Lipinski definition) is 2. The van der Waals surface area contributed by atoms with Gasteiger partial charge in [0.05, 0.1) is 0 Å². The second-order valence-electron chi connectivity index (χ2n) is 5.30. The molecule has 8 heteroatoms. The summed E-state index contributed by atoms with van der Waals surface area (Å²) in [6.07, 6.45) is 0. The molecule has 2 aromatic rings. The van der Waals surface area contributed by atoms with Gasteiger partial charge in [0.2, 0.25) is 5.95 Å². The van der Waals surface area contributed by atoms with Crippen molar-refractivity contribution in [2.24, 2.45) is 14.1 Å². The topological polar surface area (TPSA) is 88.0 Å². The maximum Gasteiger partial charge on any atom is 0.332 e. The van der Waals surface area contributed by atoms with Gasteiger partial charge < -0.3 is 15.2 Å². The SMILES string of the molecule is CC(CN(C)C)Nc1nc2c([nH]1)c(=O)n(C)c(=O)n2C. The van der Waals surface area contributed by atoms with Crippen LogP contribution in [-0.2, 0) is 14.1 Å². The van der Waals surface area contributed by atoms with Crippen molar-refractivity contribution in [3.63, 3.8) is 0 Å². The van der Waals surface area contributed by atoms with E-state index in [0.29, 0.717) is 17.1 Å². The zero-order valence-electron chi connectivity index (χ0n) is 12.4.